The van der Waals surface area contributed by atoms with Crippen LogP contribution < -0.4 is 0 Å². The number of rotatable bonds is 6. The van der Waals surface area contributed by atoms with Crippen molar-refractivity contribution in [2.45, 2.75) is 25.0 Å². The maximum atomic E-state index is 13.7. The van der Waals surface area contributed by atoms with Crippen LogP contribution >= 0.6 is 0 Å². The van der Waals surface area contributed by atoms with Gasteiger partial charge < -0.3 is 14.7 Å². The van der Waals surface area contributed by atoms with Crippen molar-refractivity contribution in [2.24, 2.45) is 5.92 Å². The van der Waals surface area contributed by atoms with E-state index in [1.165, 1.54) is 17.0 Å². The third-order valence-corrected chi connectivity index (χ3v) is 6.91. The van der Waals surface area contributed by atoms with Crippen LogP contribution in [0.5, 0.6) is 0 Å². The summed E-state index contributed by atoms with van der Waals surface area (Å²) in [7, 11) is 0. The number of hydrogen-bond acceptors (Lipinski definition) is 2. The summed E-state index contributed by atoms with van der Waals surface area (Å²) in [6.45, 7) is 1.05. The second kappa shape index (κ2) is 10.3. The summed E-state index contributed by atoms with van der Waals surface area (Å²) in [6.07, 6.45) is -0.590. The van der Waals surface area contributed by atoms with Gasteiger partial charge in [0, 0.05) is 12.5 Å². The lowest BCUT2D eigenvalue weighted by Gasteiger charge is -2.43. The number of hydrogen-bond donors (Lipinski definition) is 1. The maximum absolute atomic E-state index is 13.7. The summed E-state index contributed by atoms with van der Waals surface area (Å²) in [4.78, 5) is 13.5. The number of ether oxygens (including phenoxy) is 1. The molecule has 4 aromatic carbocycles. The number of benzene rings is 4. The zero-order chi connectivity index (χ0) is 24.2. The fraction of sp³-hybridized carbons (Fsp3) is 0.233. The Kier molecular flexibility index (Phi) is 6.77. The number of carbonyl (C=O) groups is 1. The molecule has 4 nitrogen and oxygen atoms in total. The SMILES string of the molecule is O=C(O)N1CC(Cc2ccccc2)C(c2ccc(F)cc2)C(OCc2ccc3ccccc3c2)C1. The summed E-state index contributed by atoms with van der Waals surface area (Å²) in [6, 6.07) is 31.1. The van der Waals surface area contributed by atoms with Crippen LogP contribution in [0.3, 0.4) is 0 Å². The largest absolute Gasteiger partial charge is 0.465 e. The van der Waals surface area contributed by atoms with Gasteiger partial charge in [0.25, 0.3) is 0 Å². The molecule has 1 amide bonds. The zero-order valence-electron chi connectivity index (χ0n) is 19.4. The van der Waals surface area contributed by atoms with Crippen LogP contribution in [0, 0.1) is 11.7 Å². The number of nitrogens with zero attached hydrogens (tertiary/aromatic N) is 1. The van der Waals surface area contributed by atoms with Gasteiger partial charge in [-0.25, -0.2) is 9.18 Å². The van der Waals surface area contributed by atoms with Crippen molar-refractivity contribution in [2.75, 3.05) is 13.1 Å². The van der Waals surface area contributed by atoms with Crippen molar-refractivity contribution in [1.82, 2.24) is 4.90 Å². The molecule has 35 heavy (non-hydrogen) atoms. The van der Waals surface area contributed by atoms with Gasteiger partial charge in [-0.1, -0.05) is 78.9 Å². The molecule has 0 aliphatic carbocycles. The molecule has 0 spiro atoms. The van der Waals surface area contributed by atoms with Gasteiger partial charge in [-0.15, -0.1) is 0 Å². The van der Waals surface area contributed by atoms with Crippen molar-refractivity contribution in [3.8, 4) is 0 Å². The Hall–Kier alpha value is -3.70. The lowest BCUT2D eigenvalue weighted by atomic mass is 9.75. The molecule has 1 heterocycles. The number of piperidine rings is 1. The summed E-state index contributed by atoms with van der Waals surface area (Å²) >= 11 is 0. The second-order valence-corrected chi connectivity index (χ2v) is 9.25. The van der Waals surface area contributed by atoms with Gasteiger partial charge in [0.05, 0.1) is 19.3 Å². The zero-order valence-corrected chi connectivity index (χ0v) is 19.4. The normalized spacial score (nSPS) is 20.1. The van der Waals surface area contributed by atoms with Gasteiger partial charge in [-0.2, -0.15) is 0 Å². The first kappa shape index (κ1) is 23.1. The standard InChI is InChI=1S/C30H28FNO3/c31-27-14-12-24(13-15-27)29-26(16-21-6-2-1-3-7-21)18-32(30(33)34)19-28(29)35-20-22-10-11-23-8-4-5-9-25(23)17-22/h1-15,17,26,28-29H,16,18-20H2,(H,33,34). The van der Waals surface area contributed by atoms with Crippen molar-refractivity contribution in [3.05, 3.63) is 120 Å². The topological polar surface area (TPSA) is 49.8 Å². The fourth-order valence-corrected chi connectivity index (χ4v) is 5.23. The molecular weight excluding hydrogens is 441 g/mol. The van der Waals surface area contributed by atoms with Crippen molar-refractivity contribution in [3.63, 3.8) is 0 Å². The molecule has 5 rings (SSSR count). The fourth-order valence-electron chi connectivity index (χ4n) is 5.23. The number of likely N-dealkylation sites (tertiary alicyclic amines) is 1. The smallest absolute Gasteiger partial charge is 0.407 e. The summed E-state index contributed by atoms with van der Waals surface area (Å²) in [5.41, 5.74) is 3.15. The highest BCUT2D eigenvalue weighted by Gasteiger charge is 2.40. The van der Waals surface area contributed by atoms with Crippen LogP contribution in [-0.2, 0) is 17.8 Å². The lowest BCUT2D eigenvalue weighted by molar-refractivity contribution is -0.0394. The first-order valence-corrected chi connectivity index (χ1v) is 11.9. The van der Waals surface area contributed by atoms with Gasteiger partial charge in [-0.3, -0.25) is 0 Å². The monoisotopic (exact) mass is 469 g/mol. The predicted molar refractivity (Wildman–Crippen MR) is 135 cm³/mol. The molecule has 1 aliphatic heterocycles. The van der Waals surface area contributed by atoms with E-state index in [2.05, 4.69) is 42.5 Å². The maximum Gasteiger partial charge on any atom is 0.407 e. The third kappa shape index (κ3) is 5.36. The van der Waals surface area contributed by atoms with E-state index < -0.39 is 6.09 Å². The second-order valence-electron chi connectivity index (χ2n) is 9.25. The predicted octanol–water partition coefficient (Wildman–Crippen LogP) is 6.50. The van der Waals surface area contributed by atoms with E-state index in [9.17, 15) is 14.3 Å². The van der Waals surface area contributed by atoms with E-state index in [1.54, 1.807) is 12.1 Å². The molecule has 0 radical (unpaired) electrons. The average molecular weight is 470 g/mol. The Bertz CT molecular complexity index is 1290. The quantitative estimate of drug-likeness (QED) is 0.351. The van der Waals surface area contributed by atoms with Gasteiger partial charge in [0.1, 0.15) is 5.82 Å². The van der Waals surface area contributed by atoms with Crippen LogP contribution in [0.15, 0.2) is 97.1 Å². The molecule has 4 aromatic rings. The number of carboxylic acid groups (broad SMARTS) is 1. The van der Waals surface area contributed by atoms with E-state index in [0.29, 0.717) is 19.6 Å². The van der Waals surface area contributed by atoms with Crippen LogP contribution in [0.2, 0.25) is 0 Å². The highest BCUT2D eigenvalue weighted by Crippen LogP contribution is 2.38. The number of amides is 1. The minimum absolute atomic E-state index is 0.00526. The van der Waals surface area contributed by atoms with Crippen LogP contribution in [-0.4, -0.2) is 35.3 Å². The Morgan fingerprint density at radius 2 is 1.57 bits per heavy atom. The molecule has 1 saturated heterocycles. The Labute approximate surface area is 204 Å². The lowest BCUT2D eigenvalue weighted by Crippen LogP contribution is -2.51. The summed E-state index contributed by atoms with van der Waals surface area (Å²) in [5.74, 6) is -0.355. The van der Waals surface area contributed by atoms with Gasteiger partial charge >= 0.3 is 6.09 Å². The van der Waals surface area contributed by atoms with E-state index in [-0.39, 0.29) is 30.3 Å². The average Bonchev–Trinajstić information content (AvgIpc) is 2.88. The summed E-state index contributed by atoms with van der Waals surface area (Å²) in [5, 5.41) is 12.2. The van der Waals surface area contributed by atoms with Gasteiger partial charge in [0.15, 0.2) is 0 Å². The molecule has 1 N–H and O–H groups in total. The van der Waals surface area contributed by atoms with Crippen molar-refractivity contribution >= 4 is 16.9 Å². The molecule has 3 unspecified atom stereocenters. The highest BCUT2D eigenvalue weighted by atomic mass is 19.1. The first-order chi connectivity index (χ1) is 17.1. The van der Waals surface area contributed by atoms with Crippen LogP contribution in [0.1, 0.15) is 22.6 Å². The van der Waals surface area contributed by atoms with Gasteiger partial charge in [-0.05, 0) is 58.0 Å². The molecule has 5 heteroatoms. The van der Waals surface area contributed by atoms with Crippen LogP contribution in [0.25, 0.3) is 10.8 Å². The molecule has 178 valence electrons. The van der Waals surface area contributed by atoms with E-state index >= 15 is 0 Å². The third-order valence-electron chi connectivity index (χ3n) is 6.91. The van der Waals surface area contributed by atoms with E-state index in [1.807, 2.05) is 30.3 Å². The van der Waals surface area contributed by atoms with E-state index in [0.717, 1.165) is 27.5 Å². The van der Waals surface area contributed by atoms with Gasteiger partial charge in [0.2, 0.25) is 0 Å². The van der Waals surface area contributed by atoms with Crippen molar-refractivity contribution < 1.29 is 19.0 Å². The molecule has 1 fully saturated rings. The van der Waals surface area contributed by atoms with E-state index in [4.69, 9.17) is 4.74 Å². The minimum Gasteiger partial charge on any atom is -0.465 e. The molecule has 3 atom stereocenters. The molecule has 1 aliphatic rings. The first-order valence-electron chi connectivity index (χ1n) is 11.9. The minimum atomic E-state index is -0.945. The van der Waals surface area contributed by atoms with Crippen LogP contribution in [0.4, 0.5) is 9.18 Å². The number of fused-ring (bicyclic) bond motifs is 1. The summed E-state index contributed by atoms with van der Waals surface area (Å²) < 4.78 is 20.2. The Balaban J connectivity index is 1.45. The Morgan fingerprint density at radius 3 is 2.31 bits per heavy atom. The number of halogens is 1. The Morgan fingerprint density at radius 1 is 0.857 bits per heavy atom. The highest BCUT2D eigenvalue weighted by molar-refractivity contribution is 5.82. The van der Waals surface area contributed by atoms with Crippen molar-refractivity contribution in [1.29, 1.82) is 0 Å². The molecule has 0 saturated carbocycles. The molecule has 0 aromatic heterocycles. The molecular formula is C30H28FNO3. The molecule has 0 bridgehead atoms.